The summed E-state index contributed by atoms with van der Waals surface area (Å²) in [5.74, 6) is 1.44. The van der Waals surface area contributed by atoms with Crippen molar-refractivity contribution >= 4 is 23.8 Å². The molecule has 104 valence electrons. The molecule has 1 aliphatic heterocycles. The number of carbonyl (C=O) groups is 2. The van der Waals surface area contributed by atoms with Gasteiger partial charge in [-0.1, -0.05) is 0 Å². The molecule has 7 heteroatoms. The van der Waals surface area contributed by atoms with Crippen LogP contribution in [0.1, 0.15) is 19.8 Å². The van der Waals surface area contributed by atoms with E-state index in [0.29, 0.717) is 12.5 Å². The van der Waals surface area contributed by atoms with Gasteiger partial charge in [0.1, 0.15) is 0 Å². The molecule has 1 saturated heterocycles. The predicted molar refractivity (Wildman–Crippen MR) is 69.7 cm³/mol. The Kier molecular flexibility index (Phi) is 6.28. The van der Waals surface area contributed by atoms with Gasteiger partial charge in [0.25, 0.3) is 0 Å². The number of carboxylic acid groups (broad SMARTS) is 1. The maximum atomic E-state index is 11.5. The van der Waals surface area contributed by atoms with E-state index in [0.717, 1.165) is 24.3 Å². The smallest absolute Gasteiger partial charge is 0.328 e. The number of thioether (sulfide) groups is 1. The number of hydrogen-bond acceptors (Lipinski definition) is 4. The summed E-state index contributed by atoms with van der Waals surface area (Å²) in [4.78, 5) is 22.3. The standard InChI is InChI=1S/C11H20N2O4S/c1-7(14)9(10(15)16)13-11(17)12-6-8-2-4-18-5-3-8/h7-9,14H,2-6H2,1H3,(H,15,16)(H2,12,13,17)/t7-,9+/m1/s1. The molecule has 2 amide bonds. The SMILES string of the molecule is C[C@@H](O)[C@H](NC(=O)NCC1CCSCC1)C(=O)O. The van der Waals surface area contributed by atoms with Crippen LogP contribution in [-0.4, -0.2) is 52.4 Å². The van der Waals surface area contributed by atoms with Gasteiger partial charge in [0.15, 0.2) is 6.04 Å². The molecule has 4 N–H and O–H groups in total. The van der Waals surface area contributed by atoms with Crippen LogP contribution in [0.25, 0.3) is 0 Å². The van der Waals surface area contributed by atoms with Gasteiger partial charge in [-0.3, -0.25) is 0 Å². The van der Waals surface area contributed by atoms with Crippen molar-refractivity contribution in [2.45, 2.75) is 31.9 Å². The third-order valence-corrected chi connectivity index (χ3v) is 3.98. The molecule has 1 aliphatic rings. The monoisotopic (exact) mass is 276 g/mol. The number of nitrogens with one attached hydrogen (secondary N) is 2. The van der Waals surface area contributed by atoms with Crippen molar-refractivity contribution < 1.29 is 19.8 Å². The van der Waals surface area contributed by atoms with Gasteiger partial charge in [0.2, 0.25) is 0 Å². The Hall–Kier alpha value is -0.950. The summed E-state index contributed by atoms with van der Waals surface area (Å²) >= 11 is 1.91. The molecule has 0 aromatic rings. The van der Waals surface area contributed by atoms with E-state index in [-0.39, 0.29) is 0 Å². The van der Waals surface area contributed by atoms with Crippen molar-refractivity contribution in [3.8, 4) is 0 Å². The van der Waals surface area contributed by atoms with Crippen LogP contribution in [-0.2, 0) is 4.79 Å². The van der Waals surface area contributed by atoms with Gasteiger partial charge in [0.05, 0.1) is 6.10 Å². The van der Waals surface area contributed by atoms with Gasteiger partial charge >= 0.3 is 12.0 Å². The molecular weight excluding hydrogens is 256 g/mol. The molecule has 0 radical (unpaired) electrons. The molecule has 0 bridgehead atoms. The first-order valence-corrected chi connectivity index (χ1v) is 7.19. The average molecular weight is 276 g/mol. The Morgan fingerprint density at radius 3 is 2.50 bits per heavy atom. The van der Waals surface area contributed by atoms with E-state index in [1.54, 1.807) is 0 Å². The number of aliphatic hydroxyl groups excluding tert-OH is 1. The molecule has 1 fully saturated rings. The third-order valence-electron chi connectivity index (χ3n) is 2.93. The van der Waals surface area contributed by atoms with E-state index in [1.165, 1.54) is 6.92 Å². The molecule has 1 rings (SSSR count). The van der Waals surface area contributed by atoms with Crippen molar-refractivity contribution in [3.63, 3.8) is 0 Å². The zero-order chi connectivity index (χ0) is 13.5. The van der Waals surface area contributed by atoms with Crippen molar-refractivity contribution in [1.29, 1.82) is 0 Å². The fourth-order valence-electron chi connectivity index (χ4n) is 1.77. The molecule has 0 saturated carbocycles. The first kappa shape index (κ1) is 15.1. The van der Waals surface area contributed by atoms with E-state index >= 15 is 0 Å². The number of carbonyl (C=O) groups excluding carboxylic acids is 1. The highest BCUT2D eigenvalue weighted by atomic mass is 32.2. The number of aliphatic carboxylic acids is 1. The lowest BCUT2D eigenvalue weighted by Gasteiger charge is -2.22. The van der Waals surface area contributed by atoms with E-state index in [4.69, 9.17) is 5.11 Å². The normalized spacial score (nSPS) is 19.9. The maximum absolute atomic E-state index is 11.5. The lowest BCUT2D eigenvalue weighted by molar-refractivity contribution is -0.141. The van der Waals surface area contributed by atoms with Crippen LogP contribution >= 0.6 is 11.8 Å². The average Bonchev–Trinajstić information content (AvgIpc) is 2.34. The molecule has 0 spiro atoms. The van der Waals surface area contributed by atoms with Crippen molar-refractivity contribution in [1.82, 2.24) is 10.6 Å². The number of amides is 2. The Labute approximate surface area is 111 Å². The summed E-state index contributed by atoms with van der Waals surface area (Å²) in [6.45, 7) is 1.88. The lowest BCUT2D eigenvalue weighted by atomic mass is 10.0. The molecule has 0 aromatic carbocycles. The number of urea groups is 1. The summed E-state index contributed by atoms with van der Waals surface area (Å²) in [5.41, 5.74) is 0. The molecule has 6 nitrogen and oxygen atoms in total. The summed E-state index contributed by atoms with van der Waals surface area (Å²) in [7, 11) is 0. The van der Waals surface area contributed by atoms with E-state index in [9.17, 15) is 14.7 Å². The molecule has 0 aromatic heterocycles. The van der Waals surface area contributed by atoms with Crippen molar-refractivity contribution in [3.05, 3.63) is 0 Å². The molecule has 0 unspecified atom stereocenters. The second kappa shape index (κ2) is 7.48. The summed E-state index contributed by atoms with van der Waals surface area (Å²) in [6.07, 6.45) is 1.02. The van der Waals surface area contributed by atoms with Gasteiger partial charge in [-0.15, -0.1) is 0 Å². The van der Waals surface area contributed by atoms with Crippen LogP contribution < -0.4 is 10.6 Å². The minimum absolute atomic E-state index is 0.465. The second-order valence-electron chi connectivity index (χ2n) is 4.47. The quantitative estimate of drug-likeness (QED) is 0.577. The number of aliphatic hydroxyl groups is 1. The Balaban J connectivity index is 2.29. The minimum Gasteiger partial charge on any atom is -0.480 e. The minimum atomic E-state index is -1.27. The maximum Gasteiger partial charge on any atom is 0.328 e. The fraction of sp³-hybridized carbons (Fsp3) is 0.818. The van der Waals surface area contributed by atoms with Crippen LogP contribution in [0, 0.1) is 5.92 Å². The topological polar surface area (TPSA) is 98.7 Å². The molecule has 18 heavy (non-hydrogen) atoms. The Morgan fingerprint density at radius 1 is 1.39 bits per heavy atom. The van der Waals surface area contributed by atoms with Crippen molar-refractivity contribution in [2.75, 3.05) is 18.1 Å². The van der Waals surface area contributed by atoms with Gasteiger partial charge in [-0.05, 0) is 37.2 Å². The fourth-order valence-corrected chi connectivity index (χ4v) is 2.97. The van der Waals surface area contributed by atoms with Crippen LogP contribution in [0.2, 0.25) is 0 Å². The van der Waals surface area contributed by atoms with E-state index in [2.05, 4.69) is 10.6 Å². The van der Waals surface area contributed by atoms with Gasteiger partial charge in [-0.2, -0.15) is 11.8 Å². The zero-order valence-corrected chi connectivity index (χ0v) is 11.2. The summed E-state index contributed by atoms with van der Waals surface area (Å²) < 4.78 is 0. The molecule has 0 aliphatic carbocycles. The number of hydrogen-bond donors (Lipinski definition) is 4. The van der Waals surface area contributed by atoms with Gasteiger partial charge in [0, 0.05) is 6.54 Å². The van der Waals surface area contributed by atoms with Gasteiger partial charge < -0.3 is 20.8 Å². The highest BCUT2D eigenvalue weighted by Gasteiger charge is 2.25. The van der Waals surface area contributed by atoms with Crippen LogP contribution in [0.15, 0.2) is 0 Å². The second-order valence-corrected chi connectivity index (χ2v) is 5.69. The first-order valence-electron chi connectivity index (χ1n) is 6.03. The van der Waals surface area contributed by atoms with Gasteiger partial charge in [-0.25, -0.2) is 9.59 Å². The first-order chi connectivity index (χ1) is 8.50. The van der Waals surface area contributed by atoms with E-state index in [1.807, 2.05) is 11.8 Å². The lowest BCUT2D eigenvalue weighted by Crippen LogP contribution is -2.51. The van der Waals surface area contributed by atoms with Crippen LogP contribution in [0.5, 0.6) is 0 Å². The zero-order valence-electron chi connectivity index (χ0n) is 10.4. The largest absolute Gasteiger partial charge is 0.480 e. The number of carboxylic acids is 1. The molecule has 2 atom stereocenters. The third kappa shape index (κ3) is 5.14. The Bertz CT molecular complexity index is 293. The highest BCUT2D eigenvalue weighted by molar-refractivity contribution is 7.99. The number of rotatable bonds is 5. The molecular formula is C11H20N2O4S. The van der Waals surface area contributed by atoms with Crippen LogP contribution in [0.3, 0.4) is 0 Å². The van der Waals surface area contributed by atoms with Crippen molar-refractivity contribution in [2.24, 2.45) is 5.92 Å². The Morgan fingerprint density at radius 2 is 2.00 bits per heavy atom. The van der Waals surface area contributed by atoms with Crippen LogP contribution in [0.4, 0.5) is 4.79 Å². The highest BCUT2D eigenvalue weighted by Crippen LogP contribution is 2.21. The summed E-state index contributed by atoms with van der Waals surface area (Å²) in [5, 5.41) is 22.9. The molecule has 1 heterocycles. The predicted octanol–water partition coefficient (Wildman–Crippen LogP) is 0.263. The van der Waals surface area contributed by atoms with E-state index < -0.39 is 24.1 Å². The summed E-state index contributed by atoms with van der Waals surface area (Å²) in [6, 6.07) is -1.81.